The van der Waals surface area contributed by atoms with E-state index in [1.807, 2.05) is 12.1 Å². The summed E-state index contributed by atoms with van der Waals surface area (Å²) in [6.45, 7) is 2.52. The van der Waals surface area contributed by atoms with Crippen molar-refractivity contribution in [2.24, 2.45) is 0 Å². The van der Waals surface area contributed by atoms with E-state index in [4.69, 9.17) is 0 Å². The summed E-state index contributed by atoms with van der Waals surface area (Å²) in [5.74, 6) is -0.246. The number of halogens is 4. The van der Waals surface area contributed by atoms with Gasteiger partial charge in [0.2, 0.25) is 0 Å². The van der Waals surface area contributed by atoms with E-state index in [0.717, 1.165) is 11.3 Å². The lowest BCUT2D eigenvalue weighted by Gasteiger charge is -2.14. The maximum absolute atomic E-state index is 12.4. The fourth-order valence-electron chi connectivity index (χ4n) is 1.74. The third-order valence-corrected chi connectivity index (χ3v) is 4.41. The van der Waals surface area contributed by atoms with E-state index < -0.39 is 6.36 Å². The molecule has 0 saturated carbocycles. The Hall–Kier alpha value is -1.21. The molecule has 0 aliphatic rings. The molecule has 0 amide bonds. The Labute approximate surface area is 133 Å². The molecule has 114 valence electrons. The normalized spacial score (nSPS) is 11.5. The SMILES string of the molecule is CCc1ccc(CNc2ccc(Br)cc2OC(F)(F)F)s1. The zero-order valence-electron chi connectivity index (χ0n) is 11.1. The third-order valence-electron chi connectivity index (χ3n) is 2.69. The number of anilines is 1. The monoisotopic (exact) mass is 379 g/mol. The van der Waals surface area contributed by atoms with Crippen LogP contribution in [0.2, 0.25) is 0 Å². The van der Waals surface area contributed by atoms with Gasteiger partial charge in [0, 0.05) is 20.8 Å². The molecule has 2 aromatic rings. The van der Waals surface area contributed by atoms with Gasteiger partial charge in [-0.25, -0.2) is 0 Å². The summed E-state index contributed by atoms with van der Waals surface area (Å²) in [5.41, 5.74) is 0.307. The molecule has 21 heavy (non-hydrogen) atoms. The zero-order valence-corrected chi connectivity index (χ0v) is 13.5. The number of benzene rings is 1. The first-order chi connectivity index (χ1) is 9.87. The second kappa shape index (κ2) is 6.70. The van der Waals surface area contributed by atoms with Crippen LogP contribution in [0.15, 0.2) is 34.8 Å². The van der Waals surface area contributed by atoms with Crippen molar-refractivity contribution in [1.82, 2.24) is 0 Å². The van der Waals surface area contributed by atoms with E-state index in [2.05, 4.69) is 32.9 Å². The van der Waals surface area contributed by atoms with Gasteiger partial charge in [0.1, 0.15) is 0 Å². The van der Waals surface area contributed by atoms with Crippen LogP contribution >= 0.6 is 27.3 Å². The van der Waals surface area contributed by atoms with Gasteiger partial charge in [-0.2, -0.15) is 0 Å². The Morgan fingerprint density at radius 2 is 1.90 bits per heavy atom. The third kappa shape index (κ3) is 4.93. The number of rotatable bonds is 5. The maximum Gasteiger partial charge on any atom is 0.573 e. The van der Waals surface area contributed by atoms with Gasteiger partial charge in [-0.05, 0) is 36.8 Å². The molecule has 0 aliphatic carbocycles. The molecule has 1 heterocycles. The number of alkyl halides is 3. The Morgan fingerprint density at radius 1 is 1.19 bits per heavy atom. The van der Waals surface area contributed by atoms with Crippen LogP contribution in [-0.4, -0.2) is 6.36 Å². The molecule has 0 unspecified atom stereocenters. The lowest BCUT2D eigenvalue weighted by molar-refractivity contribution is -0.274. The van der Waals surface area contributed by atoms with Crippen LogP contribution in [0.4, 0.5) is 18.9 Å². The lowest BCUT2D eigenvalue weighted by Crippen LogP contribution is -2.18. The van der Waals surface area contributed by atoms with Crippen molar-refractivity contribution in [2.75, 3.05) is 5.32 Å². The van der Waals surface area contributed by atoms with E-state index in [0.29, 0.717) is 16.7 Å². The first-order valence-electron chi connectivity index (χ1n) is 6.24. The first kappa shape index (κ1) is 16.2. The molecule has 7 heteroatoms. The van der Waals surface area contributed by atoms with E-state index in [1.165, 1.54) is 10.9 Å². The van der Waals surface area contributed by atoms with E-state index in [9.17, 15) is 13.2 Å². The fraction of sp³-hybridized carbons (Fsp3) is 0.286. The maximum atomic E-state index is 12.4. The van der Waals surface area contributed by atoms with Crippen molar-refractivity contribution >= 4 is 33.0 Å². The molecular weight excluding hydrogens is 367 g/mol. The summed E-state index contributed by atoms with van der Waals surface area (Å²) < 4.78 is 41.8. The van der Waals surface area contributed by atoms with Gasteiger partial charge in [0.25, 0.3) is 0 Å². The summed E-state index contributed by atoms with van der Waals surface area (Å²) >= 11 is 4.78. The van der Waals surface area contributed by atoms with Crippen molar-refractivity contribution in [3.05, 3.63) is 44.6 Å². The largest absolute Gasteiger partial charge is 0.573 e. The van der Waals surface area contributed by atoms with E-state index in [1.54, 1.807) is 23.5 Å². The van der Waals surface area contributed by atoms with Gasteiger partial charge in [-0.3, -0.25) is 0 Å². The minimum absolute atomic E-state index is 0.246. The topological polar surface area (TPSA) is 21.3 Å². The van der Waals surface area contributed by atoms with Crippen LogP contribution < -0.4 is 10.1 Å². The molecular formula is C14H13BrF3NOS. The van der Waals surface area contributed by atoms with Gasteiger partial charge in [0.15, 0.2) is 5.75 Å². The quantitative estimate of drug-likeness (QED) is 0.731. The van der Waals surface area contributed by atoms with Crippen molar-refractivity contribution in [1.29, 1.82) is 0 Å². The summed E-state index contributed by atoms with van der Waals surface area (Å²) in [6.07, 6.45) is -3.76. The van der Waals surface area contributed by atoms with Gasteiger partial charge >= 0.3 is 6.36 Å². The van der Waals surface area contributed by atoms with Crippen molar-refractivity contribution in [3.8, 4) is 5.75 Å². The number of hydrogen-bond donors (Lipinski definition) is 1. The second-order valence-corrected chi connectivity index (χ2v) is 6.43. The predicted molar refractivity (Wildman–Crippen MR) is 81.8 cm³/mol. The van der Waals surface area contributed by atoms with Crippen LogP contribution in [0.1, 0.15) is 16.7 Å². The minimum Gasteiger partial charge on any atom is -0.404 e. The molecule has 1 aromatic carbocycles. The average Bonchev–Trinajstić information content (AvgIpc) is 2.84. The number of nitrogens with one attached hydrogen (secondary N) is 1. The van der Waals surface area contributed by atoms with Crippen LogP contribution in [0.5, 0.6) is 5.75 Å². The average molecular weight is 380 g/mol. The van der Waals surface area contributed by atoms with Crippen LogP contribution in [0.3, 0.4) is 0 Å². The molecule has 0 atom stereocenters. The van der Waals surface area contributed by atoms with Gasteiger partial charge in [-0.1, -0.05) is 22.9 Å². The minimum atomic E-state index is -4.71. The molecule has 1 aromatic heterocycles. The van der Waals surface area contributed by atoms with Gasteiger partial charge < -0.3 is 10.1 Å². The van der Waals surface area contributed by atoms with Crippen LogP contribution in [-0.2, 0) is 13.0 Å². The Morgan fingerprint density at radius 3 is 2.52 bits per heavy atom. The van der Waals surface area contributed by atoms with Crippen molar-refractivity contribution < 1.29 is 17.9 Å². The van der Waals surface area contributed by atoms with E-state index in [-0.39, 0.29) is 5.75 Å². The molecule has 0 saturated heterocycles. The second-order valence-electron chi connectivity index (χ2n) is 4.26. The molecule has 0 bridgehead atoms. The van der Waals surface area contributed by atoms with Gasteiger partial charge in [0.05, 0.1) is 5.69 Å². The molecule has 2 nitrogen and oxygen atoms in total. The summed E-state index contributed by atoms with van der Waals surface area (Å²) in [5, 5.41) is 2.98. The molecule has 0 aliphatic heterocycles. The molecule has 2 rings (SSSR count). The fourth-order valence-corrected chi connectivity index (χ4v) is 2.98. The lowest BCUT2D eigenvalue weighted by atomic mass is 10.3. The first-order valence-corrected chi connectivity index (χ1v) is 7.85. The van der Waals surface area contributed by atoms with Gasteiger partial charge in [-0.15, -0.1) is 24.5 Å². The van der Waals surface area contributed by atoms with Crippen LogP contribution in [0.25, 0.3) is 0 Å². The smallest absolute Gasteiger partial charge is 0.404 e. The summed E-state index contributed by atoms with van der Waals surface area (Å²) in [6, 6.07) is 8.51. The summed E-state index contributed by atoms with van der Waals surface area (Å²) in [4.78, 5) is 2.31. The van der Waals surface area contributed by atoms with Crippen molar-refractivity contribution in [3.63, 3.8) is 0 Å². The number of ether oxygens (including phenoxy) is 1. The Balaban J connectivity index is 2.11. The highest BCUT2D eigenvalue weighted by atomic mass is 79.9. The summed E-state index contributed by atoms with van der Waals surface area (Å²) in [7, 11) is 0. The number of thiophene rings is 1. The number of hydrogen-bond acceptors (Lipinski definition) is 3. The molecule has 0 radical (unpaired) electrons. The Kier molecular flexibility index (Phi) is 5.16. The predicted octanol–water partition coefficient (Wildman–Crippen LogP) is 5.58. The molecule has 1 N–H and O–H groups in total. The van der Waals surface area contributed by atoms with Crippen molar-refractivity contribution in [2.45, 2.75) is 26.3 Å². The molecule has 0 fully saturated rings. The number of aryl methyl sites for hydroxylation is 1. The highest BCUT2D eigenvalue weighted by molar-refractivity contribution is 9.10. The highest BCUT2D eigenvalue weighted by Crippen LogP contribution is 2.33. The van der Waals surface area contributed by atoms with E-state index >= 15 is 0 Å². The Bertz CT molecular complexity index is 613. The molecule has 0 spiro atoms. The highest BCUT2D eigenvalue weighted by Gasteiger charge is 2.32. The van der Waals surface area contributed by atoms with Crippen LogP contribution in [0, 0.1) is 0 Å². The zero-order chi connectivity index (χ0) is 15.5. The standard InChI is InChI=1S/C14H13BrF3NOS/c1-2-10-4-5-11(21-10)8-19-12-6-3-9(15)7-13(12)20-14(16,17)18/h3-7,19H,2,8H2,1H3.